The molecule has 7 nitrogen and oxygen atoms in total. The van der Waals surface area contributed by atoms with E-state index in [1.807, 2.05) is 19.2 Å². The normalized spacial score (nSPS) is 25.2. The highest BCUT2D eigenvalue weighted by atomic mass is 16.5. The summed E-state index contributed by atoms with van der Waals surface area (Å²) in [6.45, 7) is 2.39. The largest absolute Gasteiger partial charge is 0.497 e. The Bertz CT molecular complexity index is 789. The van der Waals surface area contributed by atoms with E-state index in [0.717, 1.165) is 38.3 Å². The molecule has 27 heavy (non-hydrogen) atoms. The summed E-state index contributed by atoms with van der Waals surface area (Å²) in [5, 5.41) is 7.25. The summed E-state index contributed by atoms with van der Waals surface area (Å²) < 4.78 is 12.9. The van der Waals surface area contributed by atoms with Crippen LogP contribution in [0.1, 0.15) is 28.8 Å². The van der Waals surface area contributed by atoms with E-state index < -0.39 is 0 Å². The fourth-order valence-corrected chi connectivity index (χ4v) is 4.12. The van der Waals surface area contributed by atoms with Crippen molar-refractivity contribution in [2.75, 3.05) is 20.3 Å². The molecule has 0 saturated carbocycles. The van der Waals surface area contributed by atoms with E-state index in [0.29, 0.717) is 11.6 Å². The number of nitrogens with zero attached hydrogens (tertiary/aromatic N) is 3. The van der Waals surface area contributed by atoms with Crippen LogP contribution in [-0.2, 0) is 18.3 Å². The van der Waals surface area contributed by atoms with E-state index in [2.05, 4.69) is 27.4 Å². The number of amides is 1. The summed E-state index contributed by atoms with van der Waals surface area (Å²) in [4.78, 5) is 15.0. The van der Waals surface area contributed by atoms with Gasteiger partial charge in [0.1, 0.15) is 5.75 Å². The molecule has 0 aliphatic carbocycles. The fraction of sp³-hybridized carbons (Fsp3) is 0.500. The molecule has 2 saturated heterocycles. The highest BCUT2D eigenvalue weighted by Crippen LogP contribution is 2.30. The molecule has 2 aliphatic heterocycles. The number of aromatic nitrogens is 2. The predicted molar refractivity (Wildman–Crippen MR) is 101 cm³/mol. The molecule has 3 atom stereocenters. The molecule has 144 valence electrons. The lowest BCUT2D eigenvalue weighted by atomic mass is 10.0. The van der Waals surface area contributed by atoms with Crippen LogP contribution in [-0.4, -0.2) is 59.0 Å². The average Bonchev–Trinajstić information content (AvgIpc) is 3.27. The third kappa shape index (κ3) is 3.84. The summed E-state index contributed by atoms with van der Waals surface area (Å²) >= 11 is 0. The zero-order valence-electron chi connectivity index (χ0n) is 15.8. The maximum Gasteiger partial charge on any atom is 0.254 e. The van der Waals surface area contributed by atoms with Gasteiger partial charge in [0.15, 0.2) is 0 Å². The van der Waals surface area contributed by atoms with Gasteiger partial charge in [-0.15, -0.1) is 0 Å². The molecule has 2 aromatic rings. The van der Waals surface area contributed by atoms with Crippen LogP contribution in [0.15, 0.2) is 36.7 Å². The maximum absolute atomic E-state index is 12.6. The van der Waals surface area contributed by atoms with Gasteiger partial charge >= 0.3 is 0 Å². The Morgan fingerprint density at radius 2 is 2.19 bits per heavy atom. The van der Waals surface area contributed by atoms with Gasteiger partial charge in [-0.3, -0.25) is 14.4 Å². The number of carbonyl (C=O) groups is 1. The Balaban J connectivity index is 1.46. The van der Waals surface area contributed by atoms with Crippen LogP contribution in [0.2, 0.25) is 0 Å². The van der Waals surface area contributed by atoms with E-state index in [1.165, 1.54) is 5.56 Å². The third-order valence-corrected chi connectivity index (χ3v) is 5.46. The molecule has 0 radical (unpaired) electrons. The lowest BCUT2D eigenvalue weighted by Crippen LogP contribution is -2.47. The minimum atomic E-state index is -0.0904. The number of aryl methyl sites for hydroxylation is 1. The molecule has 3 heterocycles. The minimum absolute atomic E-state index is 0.0127. The van der Waals surface area contributed by atoms with Crippen molar-refractivity contribution in [3.8, 4) is 5.75 Å². The van der Waals surface area contributed by atoms with Gasteiger partial charge in [0.2, 0.25) is 0 Å². The topological polar surface area (TPSA) is 68.6 Å². The number of nitrogens with one attached hydrogen (secondary N) is 1. The Morgan fingerprint density at radius 1 is 1.37 bits per heavy atom. The van der Waals surface area contributed by atoms with Crippen molar-refractivity contribution < 1.29 is 14.3 Å². The molecule has 1 aromatic carbocycles. The number of hydrogen-bond acceptors (Lipinski definition) is 5. The monoisotopic (exact) mass is 370 g/mol. The number of fused-ring (bicyclic) bond motifs is 1. The first-order valence-corrected chi connectivity index (χ1v) is 9.42. The summed E-state index contributed by atoms with van der Waals surface area (Å²) in [6.07, 6.45) is 5.53. The van der Waals surface area contributed by atoms with Gasteiger partial charge in [-0.05, 0) is 30.5 Å². The van der Waals surface area contributed by atoms with E-state index in [1.54, 1.807) is 24.2 Å². The first kappa shape index (κ1) is 18.0. The quantitative estimate of drug-likeness (QED) is 0.866. The minimum Gasteiger partial charge on any atom is -0.497 e. The van der Waals surface area contributed by atoms with E-state index >= 15 is 0 Å². The number of hydrogen-bond donors (Lipinski definition) is 1. The first-order chi connectivity index (χ1) is 13.1. The molecule has 0 unspecified atom stereocenters. The summed E-state index contributed by atoms with van der Waals surface area (Å²) in [7, 11) is 3.48. The van der Waals surface area contributed by atoms with Crippen molar-refractivity contribution in [1.82, 2.24) is 20.0 Å². The summed E-state index contributed by atoms with van der Waals surface area (Å²) in [5.74, 6) is 0.771. The molecule has 0 spiro atoms. The number of ether oxygens (including phenoxy) is 2. The molecule has 1 amide bonds. The van der Waals surface area contributed by atoms with Crippen LogP contribution in [0, 0.1) is 0 Å². The van der Waals surface area contributed by atoms with Crippen molar-refractivity contribution in [2.24, 2.45) is 7.05 Å². The molecule has 2 fully saturated rings. The van der Waals surface area contributed by atoms with Gasteiger partial charge in [-0.25, -0.2) is 0 Å². The van der Waals surface area contributed by atoms with Crippen LogP contribution in [0.25, 0.3) is 0 Å². The number of carbonyl (C=O) groups excluding carboxylic acids is 1. The van der Waals surface area contributed by atoms with Gasteiger partial charge in [0.25, 0.3) is 5.91 Å². The van der Waals surface area contributed by atoms with Crippen LogP contribution in [0.5, 0.6) is 5.75 Å². The van der Waals surface area contributed by atoms with Crippen molar-refractivity contribution >= 4 is 5.91 Å². The lowest BCUT2D eigenvalue weighted by Gasteiger charge is -2.32. The molecule has 4 rings (SSSR count). The molecule has 2 aliphatic rings. The highest BCUT2D eigenvalue weighted by Gasteiger charge is 2.44. The molecular formula is C20H26N4O3. The van der Waals surface area contributed by atoms with Crippen LogP contribution >= 0.6 is 0 Å². The number of benzene rings is 1. The van der Waals surface area contributed by atoms with Crippen LogP contribution in [0.3, 0.4) is 0 Å². The molecule has 7 heteroatoms. The highest BCUT2D eigenvalue weighted by molar-refractivity contribution is 5.94. The Kier molecular flexibility index (Phi) is 5.13. The second-order valence-electron chi connectivity index (χ2n) is 7.31. The standard InChI is InChI=1S/C20H26N4O3/c1-23-12-15(10-21-23)20(25)22-17-13-24(18-4-3-9-27-19(17)18)11-14-5-7-16(26-2)8-6-14/h5-8,10,12,17-19H,3-4,9,11,13H2,1-2H3,(H,22,25)/t17-,18-,19-/m1/s1. The number of rotatable bonds is 5. The van der Waals surface area contributed by atoms with E-state index in [4.69, 9.17) is 9.47 Å². The zero-order chi connectivity index (χ0) is 18.8. The van der Waals surface area contributed by atoms with Crippen LogP contribution in [0.4, 0.5) is 0 Å². The van der Waals surface area contributed by atoms with Crippen molar-refractivity contribution in [2.45, 2.75) is 37.6 Å². The van der Waals surface area contributed by atoms with Crippen molar-refractivity contribution in [3.05, 3.63) is 47.8 Å². The summed E-state index contributed by atoms with van der Waals surface area (Å²) in [5.41, 5.74) is 1.82. The van der Waals surface area contributed by atoms with E-state index in [-0.39, 0.29) is 18.1 Å². The number of likely N-dealkylation sites (tertiary alicyclic amines) is 1. The lowest BCUT2D eigenvalue weighted by molar-refractivity contribution is -0.0211. The smallest absolute Gasteiger partial charge is 0.254 e. The molecular weight excluding hydrogens is 344 g/mol. The average molecular weight is 370 g/mol. The number of methoxy groups -OCH3 is 1. The first-order valence-electron chi connectivity index (χ1n) is 9.42. The van der Waals surface area contributed by atoms with Gasteiger partial charge in [-0.1, -0.05) is 12.1 Å². The van der Waals surface area contributed by atoms with Gasteiger partial charge in [0.05, 0.1) is 31.0 Å². The Morgan fingerprint density at radius 3 is 2.89 bits per heavy atom. The van der Waals surface area contributed by atoms with Gasteiger partial charge in [0, 0.05) is 39.0 Å². The zero-order valence-corrected chi connectivity index (χ0v) is 15.8. The van der Waals surface area contributed by atoms with Gasteiger partial charge < -0.3 is 14.8 Å². The SMILES string of the molecule is COc1ccc(CN2C[C@@H](NC(=O)c3cnn(C)c3)[C@H]3OCCC[C@H]32)cc1. The fourth-order valence-electron chi connectivity index (χ4n) is 4.12. The second kappa shape index (κ2) is 7.70. The summed E-state index contributed by atoms with van der Waals surface area (Å²) in [6, 6.07) is 8.49. The van der Waals surface area contributed by atoms with Crippen molar-refractivity contribution in [1.29, 1.82) is 0 Å². The van der Waals surface area contributed by atoms with Gasteiger partial charge in [-0.2, -0.15) is 5.10 Å². The van der Waals surface area contributed by atoms with Crippen molar-refractivity contribution in [3.63, 3.8) is 0 Å². The molecule has 1 aromatic heterocycles. The Hall–Kier alpha value is -2.38. The Labute approximate surface area is 159 Å². The predicted octanol–water partition coefficient (Wildman–Crippen LogP) is 1.59. The van der Waals surface area contributed by atoms with E-state index in [9.17, 15) is 4.79 Å². The maximum atomic E-state index is 12.6. The third-order valence-electron chi connectivity index (χ3n) is 5.46. The molecule has 1 N–H and O–H groups in total. The van der Waals surface area contributed by atoms with Crippen LogP contribution < -0.4 is 10.1 Å². The molecule has 0 bridgehead atoms. The second-order valence-corrected chi connectivity index (χ2v) is 7.31.